The topological polar surface area (TPSA) is 47.9 Å². The Balaban J connectivity index is 2.05. The van der Waals surface area contributed by atoms with Gasteiger partial charge in [0.15, 0.2) is 11.5 Å². The van der Waals surface area contributed by atoms with Crippen molar-refractivity contribution < 1.29 is 23.7 Å². The van der Waals surface area contributed by atoms with E-state index in [1.807, 2.05) is 0 Å². The molecule has 0 aromatic heterocycles. The van der Waals surface area contributed by atoms with Crippen LogP contribution in [0, 0.1) is 5.82 Å². The van der Waals surface area contributed by atoms with Crippen molar-refractivity contribution in [2.45, 2.75) is 6.42 Å². The fraction of sp³-hybridized carbons (Fsp3) is 0.250. The number of methoxy groups -OCH3 is 2. The van der Waals surface area contributed by atoms with E-state index in [0.29, 0.717) is 24.3 Å². The summed E-state index contributed by atoms with van der Waals surface area (Å²) in [6.07, 6.45) is 0.472. The van der Waals surface area contributed by atoms with Gasteiger partial charge in [-0.3, -0.25) is 0 Å². The van der Waals surface area contributed by atoms with Gasteiger partial charge in [-0.2, -0.15) is 4.39 Å². The molecule has 2 aromatic rings. The van der Waals surface area contributed by atoms with Crippen LogP contribution in [0.5, 0.6) is 23.0 Å². The first kappa shape index (κ1) is 15.0. The molecule has 0 saturated heterocycles. The van der Waals surface area contributed by atoms with Gasteiger partial charge in [-0.25, -0.2) is 0 Å². The average molecular weight is 292 g/mol. The van der Waals surface area contributed by atoms with E-state index in [9.17, 15) is 9.50 Å². The van der Waals surface area contributed by atoms with Crippen LogP contribution >= 0.6 is 0 Å². The van der Waals surface area contributed by atoms with Crippen LogP contribution in [0.2, 0.25) is 0 Å². The van der Waals surface area contributed by atoms with E-state index >= 15 is 0 Å². The highest BCUT2D eigenvalue weighted by Crippen LogP contribution is 2.30. The third-order valence-electron chi connectivity index (χ3n) is 3.03. The second-order valence-corrected chi connectivity index (χ2v) is 4.37. The molecule has 0 saturated carbocycles. The predicted molar refractivity (Wildman–Crippen MR) is 76.8 cm³/mol. The fourth-order valence-electron chi connectivity index (χ4n) is 2.01. The molecule has 0 aliphatic heterocycles. The summed E-state index contributed by atoms with van der Waals surface area (Å²) in [5, 5.41) is 9.34. The lowest BCUT2D eigenvalue weighted by atomic mass is 10.1. The molecular formula is C16H17FO4. The van der Waals surface area contributed by atoms with Gasteiger partial charge in [0.1, 0.15) is 11.5 Å². The highest BCUT2D eigenvalue weighted by atomic mass is 19.1. The number of rotatable bonds is 6. The van der Waals surface area contributed by atoms with E-state index in [-0.39, 0.29) is 17.2 Å². The molecule has 0 radical (unpaired) electrons. The number of benzene rings is 2. The van der Waals surface area contributed by atoms with E-state index in [0.717, 1.165) is 0 Å². The number of hydrogen-bond donors (Lipinski definition) is 1. The molecule has 2 rings (SSSR count). The van der Waals surface area contributed by atoms with Crippen molar-refractivity contribution in [2.24, 2.45) is 0 Å². The van der Waals surface area contributed by atoms with Crippen molar-refractivity contribution in [3.05, 3.63) is 47.8 Å². The first-order chi connectivity index (χ1) is 10.2. The van der Waals surface area contributed by atoms with Gasteiger partial charge in [-0.05, 0) is 18.2 Å². The Morgan fingerprint density at radius 2 is 1.90 bits per heavy atom. The molecule has 4 nitrogen and oxygen atoms in total. The van der Waals surface area contributed by atoms with Crippen LogP contribution in [-0.4, -0.2) is 25.9 Å². The van der Waals surface area contributed by atoms with Gasteiger partial charge < -0.3 is 19.3 Å². The Kier molecular flexibility index (Phi) is 4.87. The lowest BCUT2D eigenvalue weighted by Crippen LogP contribution is -2.05. The SMILES string of the molecule is COc1ccc(CCOc2cccc(O)c2)c(OC)c1F. The van der Waals surface area contributed by atoms with Crippen LogP contribution < -0.4 is 14.2 Å². The van der Waals surface area contributed by atoms with Crippen LogP contribution in [0.4, 0.5) is 4.39 Å². The first-order valence-corrected chi connectivity index (χ1v) is 6.47. The fourth-order valence-corrected chi connectivity index (χ4v) is 2.01. The Labute approximate surface area is 122 Å². The molecule has 0 heterocycles. The Morgan fingerprint density at radius 1 is 1.10 bits per heavy atom. The number of halogens is 1. The molecule has 1 N–H and O–H groups in total. The predicted octanol–water partition coefficient (Wildman–Crippen LogP) is 3.17. The van der Waals surface area contributed by atoms with Gasteiger partial charge in [0, 0.05) is 18.1 Å². The van der Waals surface area contributed by atoms with E-state index < -0.39 is 5.82 Å². The molecule has 112 valence electrons. The zero-order valence-corrected chi connectivity index (χ0v) is 11.9. The van der Waals surface area contributed by atoms with E-state index in [1.54, 1.807) is 30.3 Å². The minimum Gasteiger partial charge on any atom is -0.508 e. The number of hydrogen-bond acceptors (Lipinski definition) is 4. The molecule has 0 fully saturated rings. The summed E-state index contributed by atoms with van der Waals surface area (Å²) in [5.74, 6) is 0.483. The standard InChI is InChI=1S/C16H17FO4/c1-19-14-7-6-11(16(20-2)15(14)17)8-9-21-13-5-3-4-12(18)10-13/h3-7,10,18H,8-9H2,1-2H3. The average Bonchev–Trinajstić information content (AvgIpc) is 2.48. The van der Waals surface area contributed by atoms with Gasteiger partial charge in [0.2, 0.25) is 5.82 Å². The summed E-state index contributed by atoms with van der Waals surface area (Å²) >= 11 is 0. The van der Waals surface area contributed by atoms with Crippen molar-refractivity contribution in [1.29, 1.82) is 0 Å². The van der Waals surface area contributed by atoms with Crippen molar-refractivity contribution in [1.82, 2.24) is 0 Å². The third kappa shape index (κ3) is 3.56. The molecule has 0 unspecified atom stereocenters. The molecular weight excluding hydrogens is 275 g/mol. The normalized spacial score (nSPS) is 10.2. The lowest BCUT2D eigenvalue weighted by Gasteiger charge is -2.12. The van der Waals surface area contributed by atoms with Crippen LogP contribution in [0.1, 0.15) is 5.56 Å². The zero-order valence-electron chi connectivity index (χ0n) is 11.9. The Hall–Kier alpha value is -2.43. The zero-order chi connectivity index (χ0) is 15.2. The number of aromatic hydroxyl groups is 1. The summed E-state index contributed by atoms with van der Waals surface area (Å²) in [6, 6.07) is 9.82. The second kappa shape index (κ2) is 6.83. The Morgan fingerprint density at radius 3 is 2.57 bits per heavy atom. The maximum absolute atomic E-state index is 14.0. The summed E-state index contributed by atoms with van der Waals surface area (Å²) in [7, 11) is 2.82. The summed E-state index contributed by atoms with van der Waals surface area (Å²) < 4.78 is 29.5. The molecule has 0 atom stereocenters. The highest BCUT2D eigenvalue weighted by Gasteiger charge is 2.14. The van der Waals surface area contributed by atoms with Crippen molar-refractivity contribution >= 4 is 0 Å². The van der Waals surface area contributed by atoms with Crippen molar-refractivity contribution in [2.75, 3.05) is 20.8 Å². The van der Waals surface area contributed by atoms with Crippen LogP contribution in [-0.2, 0) is 6.42 Å². The summed E-state index contributed by atoms with van der Waals surface area (Å²) in [5.41, 5.74) is 0.691. The molecule has 21 heavy (non-hydrogen) atoms. The highest BCUT2D eigenvalue weighted by molar-refractivity contribution is 5.43. The number of phenolic OH excluding ortho intramolecular Hbond substituents is 1. The van der Waals surface area contributed by atoms with E-state index in [2.05, 4.69) is 0 Å². The maximum Gasteiger partial charge on any atom is 0.207 e. The van der Waals surface area contributed by atoms with Crippen LogP contribution in [0.15, 0.2) is 36.4 Å². The van der Waals surface area contributed by atoms with Gasteiger partial charge >= 0.3 is 0 Å². The monoisotopic (exact) mass is 292 g/mol. The van der Waals surface area contributed by atoms with Crippen molar-refractivity contribution in [3.8, 4) is 23.0 Å². The largest absolute Gasteiger partial charge is 0.508 e. The molecule has 5 heteroatoms. The molecule has 0 aliphatic carbocycles. The minimum absolute atomic E-state index is 0.139. The summed E-state index contributed by atoms with van der Waals surface area (Å²) in [6.45, 7) is 0.339. The van der Waals surface area contributed by atoms with Crippen LogP contribution in [0.3, 0.4) is 0 Å². The third-order valence-corrected chi connectivity index (χ3v) is 3.03. The first-order valence-electron chi connectivity index (χ1n) is 6.47. The Bertz CT molecular complexity index is 613. The second-order valence-electron chi connectivity index (χ2n) is 4.37. The molecule has 2 aromatic carbocycles. The van der Waals surface area contributed by atoms with Gasteiger partial charge in [-0.15, -0.1) is 0 Å². The van der Waals surface area contributed by atoms with Gasteiger partial charge in [0.25, 0.3) is 0 Å². The van der Waals surface area contributed by atoms with Crippen LogP contribution in [0.25, 0.3) is 0 Å². The molecule has 0 spiro atoms. The minimum atomic E-state index is -0.519. The molecule has 0 bridgehead atoms. The van der Waals surface area contributed by atoms with Crippen molar-refractivity contribution in [3.63, 3.8) is 0 Å². The molecule has 0 aliphatic rings. The van der Waals surface area contributed by atoms with E-state index in [4.69, 9.17) is 14.2 Å². The smallest absolute Gasteiger partial charge is 0.207 e. The lowest BCUT2D eigenvalue weighted by molar-refractivity contribution is 0.312. The quantitative estimate of drug-likeness (QED) is 0.888. The van der Waals surface area contributed by atoms with E-state index in [1.165, 1.54) is 20.3 Å². The molecule has 0 amide bonds. The van der Waals surface area contributed by atoms with Gasteiger partial charge in [0.05, 0.1) is 20.8 Å². The maximum atomic E-state index is 14.0. The number of ether oxygens (including phenoxy) is 3. The number of phenols is 1. The van der Waals surface area contributed by atoms with Gasteiger partial charge in [-0.1, -0.05) is 12.1 Å². The summed E-state index contributed by atoms with van der Waals surface area (Å²) in [4.78, 5) is 0.